The zero-order valence-corrected chi connectivity index (χ0v) is 14.8. The summed E-state index contributed by atoms with van der Waals surface area (Å²) in [6.45, 7) is 4.13. The van der Waals surface area contributed by atoms with Crippen molar-refractivity contribution in [2.75, 3.05) is 0 Å². The van der Waals surface area contributed by atoms with Crippen LogP contribution in [0.15, 0.2) is 24.3 Å². The zero-order chi connectivity index (χ0) is 17.6. The molecule has 0 unspecified atom stereocenters. The van der Waals surface area contributed by atoms with E-state index in [-0.39, 0.29) is 5.69 Å². The first-order valence-corrected chi connectivity index (χ1v) is 9.04. The lowest BCUT2D eigenvalue weighted by Crippen LogP contribution is -2.08. The van der Waals surface area contributed by atoms with Crippen LogP contribution in [-0.4, -0.2) is 14.9 Å². The van der Waals surface area contributed by atoms with E-state index in [0.717, 1.165) is 29.5 Å². The molecule has 0 saturated carbocycles. The quantitative estimate of drug-likeness (QED) is 0.497. The van der Waals surface area contributed by atoms with Gasteiger partial charge in [0.1, 0.15) is 16.4 Å². The molecule has 25 heavy (non-hydrogen) atoms. The first-order chi connectivity index (χ1) is 12.0. The molecular formula is C18H17N3O3S. The smallest absolute Gasteiger partial charge is 0.269 e. The molecule has 128 valence electrons. The van der Waals surface area contributed by atoms with Crippen molar-refractivity contribution in [3.05, 3.63) is 50.6 Å². The summed E-state index contributed by atoms with van der Waals surface area (Å²) in [5.41, 5.74) is 1.34. The Morgan fingerprint density at radius 1 is 1.28 bits per heavy atom. The van der Waals surface area contributed by atoms with E-state index in [1.54, 1.807) is 23.5 Å². The van der Waals surface area contributed by atoms with E-state index in [2.05, 4.69) is 16.9 Å². The molecule has 0 fully saturated rings. The minimum atomic E-state index is -0.423. The van der Waals surface area contributed by atoms with Gasteiger partial charge in [0.25, 0.3) is 5.69 Å². The monoisotopic (exact) mass is 355 g/mol. The summed E-state index contributed by atoms with van der Waals surface area (Å²) in [5, 5.41) is 11.8. The van der Waals surface area contributed by atoms with Crippen LogP contribution in [0.3, 0.4) is 0 Å². The van der Waals surface area contributed by atoms with Gasteiger partial charge in [0.2, 0.25) is 5.88 Å². The zero-order valence-electron chi connectivity index (χ0n) is 14.0. The summed E-state index contributed by atoms with van der Waals surface area (Å²) in [5.74, 6) is 2.43. The molecule has 6 nitrogen and oxygen atoms in total. The topological polar surface area (TPSA) is 78.2 Å². The van der Waals surface area contributed by atoms with E-state index in [1.165, 1.54) is 22.6 Å². The van der Waals surface area contributed by atoms with E-state index in [0.29, 0.717) is 23.4 Å². The second kappa shape index (κ2) is 6.07. The Balaban J connectivity index is 1.77. The number of hydrogen-bond acceptors (Lipinski definition) is 6. The standard InChI is InChI=1S/C18H17N3O3S/c1-10-3-8-14-15(9-10)25-18-16(14)17(19-11(2)20-18)24-13-6-4-12(5-7-13)21(22)23/h4-7,10H,3,8-9H2,1-2H3/t10-/m0/s1. The van der Waals surface area contributed by atoms with Gasteiger partial charge in [0.15, 0.2) is 0 Å². The van der Waals surface area contributed by atoms with Gasteiger partial charge in [-0.25, -0.2) is 4.98 Å². The number of nitrogens with zero attached hydrogens (tertiary/aromatic N) is 3. The highest BCUT2D eigenvalue weighted by molar-refractivity contribution is 7.18. The highest BCUT2D eigenvalue weighted by Crippen LogP contribution is 2.41. The second-order valence-electron chi connectivity index (χ2n) is 6.46. The van der Waals surface area contributed by atoms with Gasteiger partial charge in [-0.1, -0.05) is 6.92 Å². The van der Waals surface area contributed by atoms with Crippen LogP contribution in [0.5, 0.6) is 11.6 Å². The number of nitro benzene ring substituents is 1. The van der Waals surface area contributed by atoms with Crippen LogP contribution < -0.4 is 4.74 Å². The Hall–Kier alpha value is -2.54. The first-order valence-electron chi connectivity index (χ1n) is 8.22. The van der Waals surface area contributed by atoms with Gasteiger partial charge in [-0.05, 0) is 49.8 Å². The summed E-state index contributed by atoms with van der Waals surface area (Å²) >= 11 is 1.73. The summed E-state index contributed by atoms with van der Waals surface area (Å²) < 4.78 is 5.99. The molecule has 4 rings (SSSR count). The van der Waals surface area contributed by atoms with Crippen molar-refractivity contribution in [3.8, 4) is 11.6 Å². The molecule has 0 amide bonds. The van der Waals surface area contributed by atoms with Gasteiger partial charge in [0, 0.05) is 17.0 Å². The Morgan fingerprint density at radius 2 is 2.04 bits per heavy atom. The summed E-state index contributed by atoms with van der Waals surface area (Å²) in [6, 6.07) is 6.07. The van der Waals surface area contributed by atoms with E-state index in [4.69, 9.17) is 4.74 Å². The van der Waals surface area contributed by atoms with Crippen molar-refractivity contribution in [2.45, 2.75) is 33.1 Å². The molecule has 0 bridgehead atoms. The van der Waals surface area contributed by atoms with E-state index >= 15 is 0 Å². The second-order valence-corrected chi connectivity index (χ2v) is 7.54. The predicted octanol–water partition coefficient (Wildman–Crippen LogP) is 4.83. The largest absolute Gasteiger partial charge is 0.438 e. The number of ether oxygens (including phenoxy) is 1. The lowest BCUT2D eigenvalue weighted by molar-refractivity contribution is -0.384. The number of aromatic nitrogens is 2. The lowest BCUT2D eigenvalue weighted by Gasteiger charge is -2.18. The molecule has 1 aliphatic carbocycles. The molecule has 2 heterocycles. The molecule has 0 N–H and O–H groups in total. The molecule has 0 radical (unpaired) electrons. The van der Waals surface area contributed by atoms with Crippen molar-refractivity contribution < 1.29 is 9.66 Å². The average Bonchev–Trinajstić information content (AvgIpc) is 2.92. The highest BCUT2D eigenvalue weighted by atomic mass is 32.1. The van der Waals surface area contributed by atoms with Crippen molar-refractivity contribution in [1.82, 2.24) is 9.97 Å². The van der Waals surface area contributed by atoms with Gasteiger partial charge in [0.05, 0.1) is 10.3 Å². The highest BCUT2D eigenvalue weighted by Gasteiger charge is 2.24. The number of hydrogen-bond donors (Lipinski definition) is 0. The molecule has 1 atom stereocenters. The van der Waals surface area contributed by atoms with Crippen LogP contribution in [-0.2, 0) is 12.8 Å². The Bertz CT molecular complexity index is 966. The Morgan fingerprint density at radius 3 is 2.76 bits per heavy atom. The van der Waals surface area contributed by atoms with Crippen molar-refractivity contribution in [3.63, 3.8) is 0 Å². The van der Waals surface area contributed by atoms with Gasteiger partial charge in [-0.2, -0.15) is 4.98 Å². The van der Waals surface area contributed by atoms with Gasteiger partial charge >= 0.3 is 0 Å². The van der Waals surface area contributed by atoms with Crippen molar-refractivity contribution in [1.29, 1.82) is 0 Å². The maximum Gasteiger partial charge on any atom is 0.269 e. The molecule has 2 aromatic heterocycles. The third-order valence-corrected chi connectivity index (χ3v) is 5.64. The normalized spacial score (nSPS) is 16.6. The lowest BCUT2D eigenvalue weighted by atomic mass is 9.89. The van der Waals surface area contributed by atoms with Gasteiger partial charge in [-0.15, -0.1) is 11.3 Å². The maximum absolute atomic E-state index is 10.8. The Labute approximate surface area is 148 Å². The third-order valence-electron chi connectivity index (χ3n) is 4.50. The van der Waals surface area contributed by atoms with E-state index in [1.807, 2.05) is 6.92 Å². The Kier molecular flexibility index (Phi) is 3.88. The molecule has 1 aromatic carbocycles. The van der Waals surface area contributed by atoms with E-state index < -0.39 is 4.92 Å². The van der Waals surface area contributed by atoms with Gasteiger partial charge < -0.3 is 4.74 Å². The molecule has 0 saturated heterocycles. The van der Waals surface area contributed by atoms with Crippen molar-refractivity contribution >= 4 is 27.2 Å². The minimum Gasteiger partial charge on any atom is -0.438 e. The maximum atomic E-state index is 10.8. The number of rotatable bonds is 3. The molecule has 3 aromatic rings. The average molecular weight is 355 g/mol. The summed E-state index contributed by atoms with van der Waals surface area (Å²) in [6.07, 6.45) is 3.25. The predicted molar refractivity (Wildman–Crippen MR) is 96.5 cm³/mol. The van der Waals surface area contributed by atoms with Crippen LogP contribution in [0.25, 0.3) is 10.2 Å². The molecule has 0 aliphatic heterocycles. The number of benzene rings is 1. The molecule has 7 heteroatoms. The van der Waals surface area contributed by atoms with Crippen LogP contribution in [0.4, 0.5) is 5.69 Å². The minimum absolute atomic E-state index is 0.0401. The fourth-order valence-corrected chi connectivity index (χ4v) is 4.65. The van der Waals surface area contributed by atoms with Crippen LogP contribution >= 0.6 is 11.3 Å². The van der Waals surface area contributed by atoms with Crippen molar-refractivity contribution in [2.24, 2.45) is 5.92 Å². The molecule has 1 aliphatic rings. The summed E-state index contributed by atoms with van der Waals surface area (Å²) in [4.78, 5) is 21.8. The number of non-ortho nitro benzene ring substituents is 1. The number of aryl methyl sites for hydroxylation is 2. The number of fused-ring (bicyclic) bond motifs is 3. The summed E-state index contributed by atoms with van der Waals surface area (Å²) in [7, 11) is 0. The van der Waals surface area contributed by atoms with Crippen LogP contribution in [0.1, 0.15) is 29.6 Å². The molecular weight excluding hydrogens is 338 g/mol. The third kappa shape index (κ3) is 2.95. The van der Waals surface area contributed by atoms with Gasteiger partial charge in [-0.3, -0.25) is 10.1 Å². The fourth-order valence-electron chi connectivity index (χ4n) is 3.23. The number of nitro groups is 1. The fraction of sp³-hybridized carbons (Fsp3) is 0.333. The van der Waals surface area contributed by atoms with Crippen LogP contribution in [0, 0.1) is 23.0 Å². The number of thiophene rings is 1. The first kappa shape index (κ1) is 16.0. The molecule has 0 spiro atoms. The SMILES string of the molecule is Cc1nc(Oc2ccc([N+](=O)[O-])cc2)c2c3c(sc2n1)C[C@@H](C)CC3. The van der Waals surface area contributed by atoms with E-state index in [9.17, 15) is 10.1 Å². The van der Waals surface area contributed by atoms with Crippen LogP contribution in [0.2, 0.25) is 0 Å².